The number of nitrogens with zero attached hydrogens (tertiary/aromatic N) is 2. The number of hydrogen-bond acceptors (Lipinski definition) is 5. The van der Waals surface area contributed by atoms with E-state index >= 15 is 0 Å². The van der Waals surface area contributed by atoms with Gasteiger partial charge in [0.25, 0.3) is 0 Å². The maximum atomic E-state index is 10.9. The average molecular weight is 414 g/mol. The van der Waals surface area contributed by atoms with E-state index < -0.39 is 0 Å². The third kappa shape index (κ3) is 6.17. The van der Waals surface area contributed by atoms with Crippen LogP contribution in [0.15, 0.2) is 52.8 Å². The van der Waals surface area contributed by atoms with Crippen LogP contribution in [-0.4, -0.2) is 29.9 Å². The van der Waals surface area contributed by atoms with Crippen molar-refractivity contribution in [1.82, 2.24) is 10.3 Å². The molecule has 0 atom stereocenters. The van der Waals surface area contributed by atoms with Crippen molar-refractivity contribution in [2.75, 3.05) is 18.4 Å². The third-order valence-corrected chi connectivity index (χ3v) is 5.85. The van der Waals surface area contributed by atoms with E-state index in [1.807, 2.05) is 23.6 Å². The van der Waals surface area contributed by atoms with Gasteiger partial charge in [0.2, 0.25) is 5.91 Å². The van der Waals surface area contributed by atoms with Crippen LogP contribution in [0.1, 0.15) is 17.4 Å². The van der Waals surface area contributed by atoms with E-state index in [2.05, 4.69) is 44.9 Å². The fourth-order valence-electron chi connectivity index (χ4n) is 2.56. The van der Waals surface area contributed by atoms with Crippen LogP contribution in [-0.2, 0) is 17.6 Å². The number of nitrogens with two attached hydrogens (primary N) is 1. The number of nitrogens with one attached hydrogen (secondary N) is 2. The van der Waals surface area contributed by atoms with Gasteiger partial charge in [0.1, 0.15) is 0 Å². The highest BCUT2D eigenvalue weighted by Crippen LogP contribution is 2.30. The Morgan fingerprint density at radius 2 is 2.00 bits per heavy atom. The van der Waals surface area contributed by atoms with Gasteiger partial charge in [0.05, 0.1) is 10.6 Å². The van der Waals surface area contributed by atoms with Gasteiger partial charge in [-0.2, -0.15) is 0 Å². The van der Waals surface area contributed by atoms with Gasteiger partial charge in [0.15, 0.2) is 11.1 Å². The molecule has 2 heterocycles. The largest absolute Gasteiger partial charge is 0.370 e. The summed E-state index contributed by atoms with van der Waals surface area (Å²) in [6, 6.07) is 14.3. The number of hydrogen-bond donors (Lipinski definition) is 3. The minimum Gasteiger partial charge on any atom is -0.370 e. The van der Waals surface area contributed by atoms with Crippen molar-refractivity contribution in [2.24, 2.45) is 10.7 Å². The van der Waals surface area contributed by atoms with Crippen LogP contribution in [0.25, 0.3) is 10.6 Å². The second-order valence-electron chi connectivity index (χ2n) is 6.16. The van der Waals surface area contributed by atoms with Crippen molar-refractivity contribution in [1.29, 1.82) is 0 Å². The van der Waals surface area contributed by atoms with Gasteiger partial charge in [-0.3, -0.25) is 9.79 Å². The zero-order valence-electron chi connectivity index (χ0n) is 15.6. The fourth-order valence-corrected chi connectivity index (χ4v) is 4.32. The van der Waals surface area contributed by atoms with E-state index in [9.17, 15) is 4.79 Å². The maximum Gasteiger partial charge on any atom is 0.216 e. The number of aliphatic imine (C=N–C) groups is 1. The first-order valence-electron chi connectivity index (χ1n) is 9.00. The molecule has 28 heavy (non-hydrogen) atoms. The molecule has 0 fully saturated rings. The minimum absolute atomic E-state index is 0.00461. The summed E-state index contributed by atoms with van der Waals surface area (Å²) in [5.41, 5.74) is 8.13. The molecule has 0 saturated carbocycles. The summed E-state index contributed by atoms with van der Waals surface area (Å²) in [5.74, 6) is 0.369. The van der Waals surface area contributed by atoms with E-state index in [0.717, 1.165) is 28.5 Å². The molecule has 8 heteroatoms. The van der Waals surface area contributed by atoms with Gasteiger partial charge in [-0.05, 0) is 30.5 Å². The highest BCUT2D eigenvalue weighted by molar-refractivity contribution is 7.17. The molecular formula is C20H23N5OS2. The molecule has 0 unspecified atom stereocenters. The quantitative estimate of drug-likeness (QED) is 0.389. The van der Waals surface area contributed by atoms with Gasteiger partial charge in [0, 0.05) is 30.3 Å². The first-order valence-corrected chi connectivity index (χ1v) is 10.7. The van der Waals surface area contributed by atoms with Gasteiger partial charge in [-0.25, -0.2) is 4.98 Å². The average Bonchev–Trinajstić information content (AvgIpc) is 3.32. The summed E-state index contributed by atoms with van der Waals surface area (Å²) in [5, 5.41) is 8.61. The zero-order chi connectivity index (χ0) is 19.8. The summed E-state index contributed by atoms with van der Waals surface area (Å²) in [6.07, 6.45) is 1.67. The lowest BCUT2D eigenvalue weighted by Crippen LogP contribution is -2.23. The number of thiophene rings is 1. The molecule has 0 aliphatic carbocycles. The molecule has 4 N–H and O–H groups in total. The second kappa shape index (κ2) is 10.0. The van der Waals surface area contributed by atoms with E-state index in [1.54, 1.807) is 11.3 Å². The summed E-state index contributed by atoms with van der Waals surface area (Å²) in [7, 11) is 0. The Morgan fingerprint density at radius 1 is 1.18 bits per heavy atom. The Morgan fingerprint density at radius 3 is 2.79 bits per heavy atom. The lowest BCUT2D eigenvalue weighted by Gasteiger charge is -2.02. The van der Waals surface area contributed by atoms with Crippen LogP contribution < -0.4 is 16.4 Å². The van der Waals surface area contributed by atoms with Crippen LogP contribution in [0.5, 0.6) is 0 Å². The molecule has 0 bridgehead atoms. The van der Waals surface area contributed by atoms with E-state index in [4.69, 9.17) is 5.73 Å². The summed E-state index contributed by atoms with van der Waals surface area (Å²) in [4.78, 5) is 22.2. The number of carbonyl (C=O) groups excluding carboxylic acids is 1. The molecular weight excluding hydrogens is 390 g/mol. The Labute approximate surface area is 172 Å². The summed E-state index contributed by atoms with van der Waals surface area (Å²) in [6.45, 7) is 2.80. The Balaban J connectivity index is 1.51. The number of thiazole rings is 1. The minimum atomic E-state index is -0.00461. The van der Waals surface area contributed by atoms with Crippen molar-refractivity contribution < 1.29 is 4.79 Å². The lowest BCUT2D eigenvalue weighted by atomic mass is 10.2. The Hall–Kier alpha value is -2.71. The first kappa shape index (κ1) is 20.0. The van der Waals surface area contributed by atoms with Gasteiger partial charge in [-0.1, -0.05) is 30.3 Å². The van der Waals surface area contributed by atoms with Gasteiger partial charge >= 0.3 is 0 Å². The highest BCUT2D eigenvalue weighted by Gasteiger charge is 2.08. The molecule has 0 aliphatic heterocycles. The number of benzene rings is 1. The molecule has 1 aromatic carbocycles. The number of guanidine groups is 1. The van der Waals surface area contributed by atoms with Gasteiger partial charge < -0.3 is 16.4 Å². The fraction of sp³-hybridized carbons (Fsp3) is 0.250. The Bertz CT molecular complexity index is 933. The third-order valence-electron chi connectivity index (χ3n) is 3.92. The lowest BCUT2D eigenvalue weighted by molar-refractivity contribution is -0.118. The molecule has 0 spiro atoms. The molecule has 2 aromatic heterocycles. The number of rotatable bonds is 8. The van der Waals surface area contributed by atoms with Crippen LogP contribution >= 0.6 is 22.7 Å². The number of carbonyl (C=O) groups is 1. The molecule has 0 aliphatic rings. The SMILES string of the molecule is CC(=O)NCCc1ccc(-c2csc(NC(N)=NCCc3ccccc3)n2)s1. The number of amides is 1. The predicted octanol–water partition coefficient (Wildman–Crippen LogP) is 3.52. The normalized spacial score (nSPS) is 11.4. The maximum absolute atomic E-state index is 10.9. The molecule has 1 amide bonds. The molecule has 0 saturated heterocycles. The smallest absolute Gasteiger partial charge is 0.216 e. The van der Waals surface area contributed by atoms with Crippen molar-refractivity contribution in [3.63, 3.8) is 0 Å². The highest BCUT2D eigenvalue weighted by atomic mass is 32.1. The van der Waals surface area contributed by atoms with Crippen LogP contribution in [0.4, 0.5) is 5.13 Å². The van der Waals surface area contributed by atoms with Crippen LogP contribution in [0, 0.1) is 0 Å². The molecule has 3 rings (SSSR count). The van der Waals surface area contributed by atoms with Gasteiger partial charge in [-0.15, -0.1) is 22.7 Å². The predicted molar refractivity (Wildman–Crippen MR) is 118 cm³/mol. The zero-order valence-corrected chi connectivity index (χ0v) is 17.3. The number of anilines is 1. The van der Waals surface area contributed by atoms with Crippen molar-refractivity contribution in [3.8, 4) is 10.6 Å². The molecule has 0 radical (unpaired) electrons. The number of aromatic nitrogens is 1. The van der Waals surface area contributed by atoms with Crippen molar-refractivity contribution in [2.45, 2.75) is 19.8 Å². The van der Waals surface area contributed by atoms with Crippen LogP contribution in [0.2, 0.25) is 0 Å². The molecule has 3 aromatic rings. The molecule has 146 valence electrons. The van der Waals surface area contributed by atoms with Crippen molar-refractivity contribution in [3.05, 3.63) is 58.3 Å². The van der Waals surface area contributed by atoms with Crippen LogP contribution in [0.3, 0.4) is 0 Å². The van der Waals surface area contributed by atoms with E-state index in [0.29, 0.717) is 19.0 Å². The van der Waals surface area contributed by atoms with Crippen molar-refractivity contribution >= 4 is 39.7 Å². The Kier molecular flexibility index (Phi) is 7.16. The summed E-state index contributed by atoms with van der Waals surface area (Å²) >= 11 is 3.19. The first-order chi connectivity index (χ1) is 13.6. The topological polar surface area (TPSA) is 92.4 Å². The monoisotopic (exact) mass is 413 g/mol. The molecule has 6 nitrogen and oxygen atoms in total. The van der Waals surface area contributed by atoms with E-state index in [1.165, 1.54) is 28.7 Å². The van der Waals surface area contributed by atoms with E-state index in [-0.39, 0.29) is 5.91 Å². The standard InChI is InChI=1S/C20H23N5OS2/c1-14(26)22-12-10-16-7-8-18(28-16)17-13-27-20(24-17)25-19(21)23-11-9-15-5-3-2-4-6-15/h2-8,13H,9-12H2,1H3,(H,22,26)(H3,21,23,24,25). The summed E-state index contributed by atoms with van der Waals surface area (Å²) < 4.78 is 0. The second-order valence-corrected chi connectivity index (χ2v) is 8.19.